The number of amides is 4. The molecule has 4 amide bonds. The maximum Gasteiger partial charge on any atom is 0.326 e. The van der Waals surface area contributed by atoms with Crippen molar-refractivity contribution in [1.29, 1.82) is 0 Å². The fourth-order valence-corrected chi connectivity index (χ4v) is 1.67. The molecule has 3 atom stereocenters. The molecule has 0 spiro atoms. The molecule has 3 unspecified atom stereocenters. The van der Waals surface area contributed by atoms with Gasteiger partial charge in [0, 0.05) is 6.42 Å². The molecular formula is C13H23N5O7. The highest BCUT2D eigenvalue weighted by Crippen LogP contribution is 1.99. The van der Waals surface area contributed by atoms with Crippen LogP contribution in [-0.4, -0.2) is 71.1 Å². The Hall–Kier alpha value is -2.73. The van der Waals surface area contributed by atoms with E-state index in [4.69, 9.17) is 16.6 Å². The number of carboxylic acid groups (broad SMARTS) is 1. The van der Waals surface area contributed by atoms with Crippen molar-refractivity contribution in [3.8, 4) is 0 Å². The molecule has 0 aromatic rings. The summed E-state index contributed by atoms with van der Waals surface area (Å²) in [5.74, 6) is -4.48. The summed E-state index contributed by atoms with van der Waals surface area (Å²) in [7, 11) is 0. The number of nitrogens with two attached hydrogens (primary N) is 2. The Labute approximate surface area is 143 Å². The van der Waals surface area contributed by atoms with Gasteiger partial charge in [-0.15, -0.1) is 0 Å². The van der Waals surface area contributed by atoms with Crippen LogP contribution in [0.25, 0.3) is 0 Å². The Balaban J connectivity index is 4.77. The quantitative estimate of drug-likeness (QED) is 0.191. The summed E-state index contributed by atoms with van der Waals surface area (Å²) in [4.78, 5) is 56.8. The summed E-state index contributed by atoms with van der Waals surface area (Å²) in [6, 6.07) is -3.89. The van der Waals surface area contributed by atoms with E-state index in [-0.39, 0.29) is 19.4 Å². The van der Waals surface area contributed by atoms with E-state index >= 15 is 0 Å². The number of rotatable bonds is 11. The zero-order chi connectivity index (χ0) is 19.6. The van der Waals surface area contributed by atoms with Crippen molar-refractivity contribution >= 4 is 29.6 Å². The molecule has 0 saturated carbocycles. The molecule has 9 N–H and O–H groups in total. The number of hydrogen-bond acceptors (Lipinski definition) is 7. The number of aliphatic carboxylic acids is 1. The lowest BCUT2D eigenvalue weighted by Gasteiger charge is -2.21. The molecular weight excluding hydrogens is 338 g/mol. The monoisotopic (exact) mass is 361 g/mol. The van der Waals surface area contributed by atoms with Gasteiger partial charge in [-0.25, -0.2) is 4.79 Å². The van der Waals surface area contributed by atoms with E-state index in [1.54, 1.807) is 0 Å². The van der Waals surface area contributed by atoms with E-state index in [2.05, 4.69) is 16.0 Å². The smallest absolute Gasteiger partial charge is 0.326 e. The molecule has 0 bridgehead atoms. The summed E-state index contributed by atoms with van der Waals surface area (Å²) in [6.07, 6.45) is -0.513. The number of carboxylic acids is 1. The summed E-state index contributed by atoms with van der Waals surface area (Å²) < 4.78 is 0. The van der Waals surface area contributed by atoms with Crippen LogP contribution in [0.1, 0.15) is 19.8 Å². The number of carbonyl (C=O) groups excluding carboxylic acids is 4. The SMILES string of the molecule is CC(NC(=O)CN)C(=O)NC(CO)C(=O)NC(CCC(N)=O)C(=O)O. The first-order valence-corrected chi connectivity index (χ1v) is 7.34. The second kappa shape index (κ2) is 10.9. The van der Waals surface area contributed by atoms with Crippen molar-refractivity contribution < 1.29 is 34.2 Å². The minimum absolute atomic E-state index is 0.245. The number of nitrogens with one attached hydrogen (secondary N) is 3. The number of hydrogen-bond donors (Lipinski definition) is 7. The van der Waals surface area contributed by atoms with Gasteiger partial charge in [0.05, 0.1) is 13.2 Å². The number of primary amides is 1. The van der Waals surface area contributed by atoms with Crippen molar-refractivity contribution in [1.82, 2.24) is 16.0 Å². The van der Waals surface area contributed by atoms with E-state index < -0.39 is 54.3 Å². The Morgan fingerprint density at radius 3 is 2.00 bits per heavy atom. The lowest BCUT2D eigenvalue weighted by molar-refractivity contribution is -0.143. The molecule has 0 aliphatic carbocycles. The maximum atomic E-state index is 12.0. The summed E-state index contributed by atoms with van der Waals surface area (Å²) in [5, 5.41) is 24.7. The first kappa shape index (κ1) is 22.3. The van der Waals surface area contributed by atoms with Gasteiger partial charge >= 0.3 is 5.97 Å². The number of aliphatic hydroxyl groups is 1. The standard InChI is InChI=1S/C13H23N5O7/c1-6(16-10(21)4-14)11(22)18-8(5-19)12(23)17-7(13(24)25)2-3-9(15)20/h6-8,19H,2-5,14H2,1H3,(H2,15,20)(H,16,21)(H,17,23)(H,18,22)(H,24,25). The average molecular weight is 361 g/mol. The third-order valence-corrected chi connectivity index (χ3v) is 3.07. The fraction of sp³-hybridized carbons (Fsp3) is 0.615. The normalized spacial score (nSPS) is 13.9. The summed E-state index contributed by atoms with van der Waals surface area (Å²) in [5.41, 5.74) is 10.0. The van der Waals surface area contributed by atoms with Crippen LogP contribution in [-0.2, 0) is 24.0 Å². The van der Waals surface area contributed by atoms with Gasteiger partial charge in [0.25, 0.3) is 0 Å². The van der Waals surface area contributed by atoms with Crippen LogP contribution in [0.3, 0.4) is 0 Å². The highest BCUT2D eigenvalue weighted by molar-refractivity contribution is 5.93. The summed E-state index contributed by atoms with van der Waals surface area (Å²) >= 11 is 0. The molecule has 0 saturated heterocycles. The Bertz CT molecular complexity index is 525. The largest absolute Gasteiger partial charge is 0.480 e. The second-order valence-corrected chi connectivity index (χ2v) is 5.14. The molecule has 12 heteroatoms. The van der Waals surface area contributed by atoms with Gasteiger partial charge in [-0.2, -0.15) is 0 Å². The Kier molecular flexibility index (Phi) is 9.74. The maximum absolute atomic E-state index is 12.0. The van der Waals surface area contributed by atoms with Gasteiger partial charge in [-0.05, 0) is 13.3 Å². The lowest BCUT2D eigenvalue weighted by Crippen LogP contribution is -2.56. The molecule has 0 radical (unpaired) electrons. The molecule has 0 aromatic carbocycles. The number of carbonyl (C=O) groups is 5. The molecule has 0 aromatic heterocycles. The predicted octanol–water partition coefficient (Wildman–Crippen LogP) is -4.24. The first-order valence-electron chi connectivity index (χ1n) is 7.34. The van der Waals surface area contributed by atoms with Gasteiger partial charge in [0.1, 0.15) is 18.1 Å². The van der Waals surface area contributed by atoms with Crippen LogP contribution in [0.2, 0.25) is 0 Å². The minimum atomic E-state index is -1.44. The van der Waals surface area contributed by atoms with E-state index in [9.17, 15) is 29.1 Å². The summed E-state index contributed by atoms with van der Waals surface area (Å²) in [6.45, 7) is 0.196. The van der Waals surface area contributed by atoms with Crippen LogP contribution in [0.4, 0.5) is 0 Å². The van der Waals surface area contributed by atoms with E-state index in [1.807, 2.05) is 0 Å². The zero-order valence-corrected chi connectivity index (χ0v) is 13.7. The second-order valence-electron chi connectivity index (χ2n) is 5.14. The third-order valence-electron chi connectivity index (χ3n) is 3.07. The van der Waals surface area contributed by atoms with Crippen LogP contribution in [0.15, 0.2) is 0 Å². The molecule has 0 rings (SSSR count). The van der Waals surface area contributed by atoms with Crippen LogP contribution >= 0.6 is 0 Å². The van der Waals surface area contributed by atoms with Crippen molar-refractivity contribution in [2.75, 3.05) is 13.2 Å². The minimum Gasteiger partial charge on any atom is -0.480 e. The van der Waals surface area contributed by atoms with Gasteiger partial charge < -0.3 is 37.6 Å². The van der Waals surface area contributed by atoms with Crippen molar-refractivity contribution in [3.63, 3.8) is 0 Å². The van der Waals surface area contributed by atoms with Gasteiger partial charge in [0.2, 0.25) is 23.6 Å². The van der Waals surface area contributed by atoms with E-state index in [1.165, 1.54) is 6.92 Å². The van der Waals surface area contributed by atoms with Crippen molar-refractivity contribution in [2.24, 2.45) is 11.5 Å². The van der Waals surface area contributed by atoms with Crippen LogP contribution in [0.5, 0.6) is 0 Å². The van der Waals surface area contributed by atoms with E-state index in [0.29, 0.717) is 0 Å². The van der Waals surface area contributed by atoms with Crippen molar-refractivity contribution in [2.45, 2.75) is 37.9 Å². The van der Waals surface area contributed by atoms with Gasteiger partial charge in [-0.1, -0.05) is 0 Å². The van der Waals surface area contributed by atoms with Crippen molar-refractivity contribution in [3.05, 3.63) is 0 Å². The molecule has 0 heterocycles. The Morgan fingerprint density at radius 1 is 1.00 bits per heavy atom. The highest BCUT2D eigenvalue weighted by atomic mass is 16.4. The highest BCUT2D eigenvalue weighted by Gasteiger charge is 2.27. The molecule has 0 fully saturated rings. The van der Waals surface area contributed by atoms with E-state index in [0.717, 1.165) is 0 Å². The number of aliphatic hydroxyl groups excluding tert-OH is 1. The van der Waals surface area contributed by atoms with Gasteiger partial charge in [-0.3, -0.25) is 19.2 Å². The first-order chi connectivity index (χ1) is 11.6. The molecule has 12 nitrogen and oxygen atoms in total. The topological polar surface area (TPSA) is 214 Å². The lowest BCUT2D eigenvalue weighted by atomic mass is 10.1. The van der Waals surface area contributed by atoms with Crippen LogP contribution < -0.4 is 27.4 Å². The average Bonchev–Trinajstić information content (AvgIpc) is 2.54. The van der Waals surface area contributed by atoms with Crippen LogP contribution in [0, 0.1) is 0 Å². The molecule has 0 aliphatic rings. The molecule has 0 aliphatic heterocycles. The zero-order valence-electron chi connectivity index (χ0n) is 13.7. The predicted molar refractivity (Wildman–Crippen MR) is 83.7 cm³/mol. The fourth-order valence-electron chi connectivity index (χ4n) is 1.67. The molecule has 142 valence electrons. The van der Waals surface area contributed by atoms with Gasteiger partial charge in [0.15, 0.2) is 0 Å². The molecule has 25 heavy (non-hydrogen) atoms. The Morgan fingerprint density at radius 2 is 1.56 bits per heavy atom. The third kappa shape index (κ3) is 8.62.